The van der Waals surface area contributed by atoms with E-state index in [0.29, 0.717) is 72.6 Å². The molecule has 1 fully saturated rings. The second kappa shape index (κ2) is 12.6. The number of piperazine rings is 1. The number of nitrogens with one attached hydrogen (secondary N) is 1. The van der Waals surface area contributed by atoms with Crippen LogP contribution < -0.4 is 15.9 Å². The van der Waals surface area contributed by atoms with E-state index in [0.717, 1.165) is 17.7 Å². The first-order chi connectivity index (χ1) is 21.7. The summed E-state index contributed by atoms with van der Waals surface area (Å²) in [6.07, 6.45) is 3.78. The number of anilines is 2. The van der Waals surface area contributed by atoms with E-state index in [1.165, 1.54) is 16.7 Å². The fourth-order valence-corrected chi connectivity index (χ4v) is 6.16. The van der Waals surface area contributed by atoms with E-state index >= 15 is 4.39 Å². The highest BCUT2D eigenvalue weighted by molar-refractivity contribution is 6.33. The van der Waals surface area contributed by atoms with Gasteiger partial charge in [0.1, 0.15) is 17.3 Å². The van der Waals surface area contributed by atoms with Crippen LogP contribution in [-0.4, -0.2) is 69.2 Å². The Morgan fingerprint density at radius 2 is 2.04 bits per heavy atom. The van der Waals surface area contributed by atoms with Crippen molar-refractivity contribution in [3.63, 3.8) is 0 Å². The van der Waals surface area contributed by atoms with Crippen LogP contribution in [0.2, 0.25) is 5.02 Å². The highest BCUT2D eigenvalue weighted by Crippen LogP contribution is 2.36. The van der Waals surface area contributed by atoms with Crippen molar-refractivity contribution in [2.75, 3.05) is 43.0 Å². The highest BCUT2D eigenvalue weighted by atomic mass is 35.5. The van der Waals surface area contributed by atoms with Gasteiger partial charge in [-0.15, -0.1) is 0 Å². The number of benzene rings is 1. The number of carbonyl (C=O) groups is 1. The molecule has 1 saturated heterocycles. The van der Waals surface area contributed by atoms with Crippen molar-refractivity contribution in [2.45, 2.75) is 45.8 Å². The lowest BCUT2D eigenvalue weighted by molar-refractivity contribution is -0.126. The number of fused-ring (bicyclic) bond motifs is 7. The van der Waals surface area contributed by atoms with Gasteiger partial charge in [0.2, 0.25) is 5.91 Å². The summed E-state index contributed by atoms with van der Waals surface area (Å²) in [5.74, 6) is -0.516. The lowest BCUT2D eigenvalue weighted by Crippen LogP contribution is -2.54. The van der Waals surface area contributed by atoms with Gasteiger partial charge in [-0.05, 0) is 61.2 Å². The molecule has 10 nitrogen and oxygen atoms in total. The molecule has 6 rings (SSSR count). The first kappa shape index (κ1) is 30.7. The molecular weight excluding hydrogens is 597 g/mol. The molecule has 1 amide bonds. The zero-order valence-electron chi connectivity index (χ0n) is 25.5. The minimum Gasteiger partial charge on any atom is -0.385 e. The number of nitrogens with zero attached hydrogens (tertiary/aromatic N) is 6. The fourth-order valence-electron chi connectivity index (χ4n) is 5.95. The van der Waals surface area contributed by atoms with E-state index < -0.39 is 11.5 Å². The zero-order chi connectivity index (χ0) is 31.8. The highest BCUT2D eigenvalue weighted by Gasteiger charge is 2.30. The van der Waals surface area contributed by atoms with Crippen LogP contribution in [0.1, 0.15) is 44.4 Å². The average Bonchev–Trinajstić information content (AvgIpc) is 3.02. The van der Waals surface area contributed by atoms with Gasteiger partial charge in [-0.2, -0.15) is 4.98 Å². The van der Waals surface area contributed by atoms with Crippen molar-refractivity contribution in [3.8, 4) is 16.9 Å². The summed E-state index contributed by atoms with van der Waals surface area (Å²) in [6.45, 7) is 12.2. The van der Waals surface area contributed by atoms with E-state index in [-0.39, 0.29) is 29.2 Å². The van der Waals surface area contributed by atoms with Gasteiger partial charge < -0.3 is 19.9 Å². The molecule has 3 aromatic heterocycles. The predicted octanol–water partition coefficient (Wildman–Crippen LogP) is 5.31. The second-order valence-corrected chi connectivity index (χ2v) is 12.1. The summed E-state index contributed by atoms with van der Waals surface area (Å²) in [5.41, 5.74) is 2.76. The molecule has 45 heavy (non-hydrogen) atoms. The van der Waals surface area contributed by atoms with Gasteiger partial charge in [0, 0.05) is 56.3 Å². The number of carbonyl (C=O) groups excluding carboxylic acids is 1. The van der Waals surface area contributed by atoms with E-state index in [1.54, 1.807) is 23.2 Å². The number of rotatable bonds is 3. The molecule has 2 aliphatic heterocycles. The molecule has 2 aliphatic rings. The normalized spacial score (nSPS) is 17.1. The van der Waals surface area contributed by atoms with Crippen LogP contribution in [0.4, 0.5) is 15.9 Å². The fraction of sp³-hybridized carbons (Fsp3) is 0.364. The predicted molar refractivity (Wildman–Crippen MR) is 174 cm³/mol. The molecule has 0 saturated carbocycles. The monoisotopic (exact) mass is 631 g/mol. The quantitative estimate of drug-likeness (QED) is 0.303. The first-order valence-corrected chi connectivity index (χ1v) is 15.5. The Balaban J connectivity index is 1.64. The Kier molecular flexibility index (Phi) is 8.56. The maximum Gasteiger partial charge on any atom is 0.355 e. The maximum atomic E-state index is 16.2. The van der Waals surface area contributed by atoms with Crippen LogP contribution in [-0.2, 0) is 16.1 Å². The number of halogens is 2. The number of amides is 1. The maximum absolute atomic E-state index is 16.2. The van der Waals surface area contributed by atoms with Crippen LogP contribution in [0.15, 0.2) is 54.0 Å². The average molecular weight is 632 g/mol. The number of hydrogen-bond acceptors (Lipinski definition) is 8. The lowest BCUT2D eigenvalue weighted by atomic mass is 10.1. The third-order valence-corrected chi connectivity index (χ3v) is 8.54. The molecular formula is C33H35ClFN7O3. The summed E-state index contributed by atoms with van der Waals surface area (Å²) >= 11 is 6.63. The third-order valence-electron chi connectivity index (χ3n) is 8.21. The van der Waals surface area contributed by atoms with Crippen molar-refractivity contribution in [1.29, 1.82) is 0 Å². The van der Waals surface area contributed by atoms with E-state index in [2.05, 4.69) is 16.9 Å². The van der Waals surface area contributed by atoms with Crippen molar-refractivity contribution in [3.05, 3.63) is 81.8 Å². The molecule has 4 aromatic rings. The summed E-state index contributed by atoms with van der Waals surface area (Å²) in [5, 5.41) is 4.02. The molecule has 0 spiro atoms. The molecule has 5 heterocycles. The molecule has 1 aromatic carbocycles. The molecule has 1 N–H and O–H groups in total. The van der Waals surface area contributed by atoms with Crippen LogP contribution in [0, 0.1) is 5.82 Å². The molecule has 0 radical (unpaired) electrons. The summed E-state index contributed by atoms with van der Waals surface area (Å²) in [7, 11) is 0. The summed E-state index contributed by atoms with van der Waals surface area (Å²) in [6, 6.07) is 8.32. The Bertz CT molecular complexity index is 1860. The zero-order valence-corrected chi connectivity index (χ0v) is 26.3. The molecule has 1 atom stereocenters. The van der Waals surface area contributed by atoms with Gasteiger partial charge >= 0.3 is 5.69 Å². The molecule has 0 aliphatic carbocycles. The van der Waals surface area contributed by atoms with E-state index in [9.17, 15) is 9.59 Å². The summed E-state index contributed by atoms with van der Waals surface area (Å²) < 4.78 is 23.6. The Morgan fingerprint density at radius 3 is 2.80 bits per heavy atom. The minimum absolute atomic E-state index is 0.0153. The SMILES string of the molecule is C=CC(=O)N1CCN(c2nc(=O)n3c4nc(c(F)cc24)-c2cc(ccc2Cl)NCCCOCc2cnc(C(C)C)c-3c2)[C@@H](C)C1. The van der Waals surface area contributed by atoms with Crippen LogP contribution in [0.5, 0.6) is 0 Å². The Morgan fingerprint density at radius 1 is 1.22 bits per heavy atom. The van der Waals surface area contributed by atoms with Gasteiger partial charge in [0.05, 0.1) is 28.4 Å². The largest absolute Gasteiger partial charge is 0.385 e. The molecule has 6 bridgehead atoms. The van der Waals surface area contributed by atoms with E-state index in [1.807, 2.05) is 37.8 Å². The lowest BCUT2D eigenvalue weighted by Gasteiger charge is -2.40. The molecule has 0 unspecified atom stereocenters. The van der Waals surface area contributed by atoms with E-state index in [4.69, 9.17) is 26.3 Å². The van der Waals surface area contributed by atoms with Gasteiger partial charge in [0.25, 0.3) is 0 Å². The molecule has 234 valence electrons. The smallest absolute Gasteiger partial charge is 0.355 e. The first-order valence-electron chi connectivity index (χ1n) is 15.1. The number of hydrogen-bond donors (Lipinski definition) is 1. The van der Waals surface area contributed by atoms with Crippen LogP contribution >= 0.6 is 11.6 Å². The summed E-state index contributed by atoms with van der Waals surface area (Å²) in [4.78, 5) is 44.2. The standard InChI is InChI=1S/C33H35ClFN7O3/c1-5-28(43)40-10-11-41(20(4)17-40)31-24-15-26(35)30-23-14-22(7-8-25(23)34)36-9-6-12-45-18-21-13-27(29(19(2)3)37-16-21)42(32(24)38-30)33(44)39-31/h5,7-8,13-16,19-20,36H,1,6,9-12,17-18H2,2-4H3/t20-/m0/s1. The Labute approximate surface area is 265 Å². The van der Waals surface area contributed by atoms with Gasteiger partial charge in [0.15, 0.2) is 5.65 Å². The topological polar surface area (TPSA) is 105 Å². The van der Waals surface area contributed by atoms with Gasteiger partial charge in [-0.3, -0.25) is 9.78 Å². The van der Waals surface area contributed by atoms with Gasteiger partial charge in [-0.25, -0.2) is 18.7 Å². The third kappa shape index (κ3) is 5.89. The van der Waals surface area contributed by atoms with Crippen molar-refractivity contribution in [1.82, 2.24) is 24.4 Å². The van der Waals surface area contributed by atoms with Crippen molar-refractivity contribution >= 4 is 40.0 Å². The second-order valence-electron chi connectivity index (χ2n) is 11.7. The number of aromatic nitrogens is 4. The molecule has 12 heteroatoms. The minimum atomic E-state index is -0.603. The number of ether oxygens (including phenoxy) is 1. The van der Waals surface area contributed by atoms with Crippen molar-refractivity contribution < 1.29 is 13.9 Å². The Hall–Kier alpha value is -4.35. The van der Waals surface area contributed by atoms with Crippen LogP contribution in [0.3, 0.4) is 0 Å². The number of pyridine rings is 2. The van der Waals surface area contributed by atoms with Crippen LogP contribution in [0.25, 0.3) is 28.0 Å². The van der Waals surface area contributed by atoms with Crippen molar-refractivity contribution in [2.24, 2.45) is 0 Å². The van der Waals surface area contributed by atoms with Gasteiger partial charge in [-0.1, -0.05) is 32.0 Å².